The van der Waals surface area contributed by atoms with Gasteiger partial charge in [-0.1, -0.05) is 19.9 Å². The van der Waals surface area contributed by atoms with Crippen LogP contribution in [0.5, 0.6) is 0 Å². The standard InChI is InChI=1S/C32H41N7O2S/c1-6-36(7-2)22(5)12-13-28(40)23-19-26(34-30(20-23)38-16-15-27(38)32(41)37(8-3)9-4)24-21-33-39-17-14-25(35-31(24)39)29-11-10-18-42-29/h10-11,14,17-22,27H,6-9,12-13,15-16H2,1-5H3/t22-,27-/m0/s1. The Hall–Kier alpha value is -3.63. The number of pyridine rings is 1. The fraction of sp³-hybridized carbons (Fsp3) is 0.469. The Morgan fingerprint density at radius 2 is 1.83 bits per heavy atom. The van der Waals surface area contributed by atoms with Crippen LogP contribution < -0.4 is 4.90 Å². The summed E-state index contributed by atoms with van der Waals surface area (Å²) in [6, 6.07) is 9.79. The average Bonchev–Trinajstić information content (AvgIpc) is 3.67. The van der Waals surface area contributed by atoms with E-state index in [0.29, 0.717) is 48.3 Å². The van der Waals surface area contributed by atoms with E-state index in [4.69, 9.17) is 9.97 Å². The van der Waals surface area contributed by atoms with Gasteiger partial charge in [-0.2, -0.15) is 5.10 Å². The lowest BCUT2D eigenvalue weighted by Crippen LogP contribution is -2.57. The molecule has 4 aromatic heterocycles. The number of fused-ring (bicyclic) bond motifs is 1. The van der Waals surface area contributed by atoms with Gasteiger partial charge in [0.25, 0.3) is 0 Å². The van der Waals surface area contributed by atoms with Crippen molar-refractivity contribution in [2.24, 2.45) is 0 Å². The molecule has 0 unspecified atom stereocenters. The molecule has 1 amide bonds. The number of aromatic nitrogens is 4. The van der Waals surface area contributed by atoms with E-state index in [1.807, 2.05) is 65.6 Å². The Morgan fingerprint density at radius 3 is 2.48 bits per heavy atom. The van der Waals surface area contributed by atoms with Gasteiger partial charge in [0, 0.05) is 43.9 Å². The Morgan fingerprint density at radius 1 is 1.05 bits per heavy atom. The van der Waals surface area contributed by atoms with Crippen molar-refractivity contribution >= 4 is 34.5 Å². The zero-order valence-electron chi connectivity index (χ0n) is 25.3. The van der Waals surface area contributed by atoms with Crippen LogP contribution in [0.15, 0.2) is 48.1 Å². The summed E-state index contributed by atoms with van der Waals surface area (Å²) < 4.78 is 1.74. The summed E-state index contributed by atoms with van der Waals surface area (Å²) in [6.07, 6.45) is 5.66. The first-order chi connectivity index (χ1) is 20.4. The molecule has 0 aliphatic carbocycles. The van der Waals surface area contributed by atoms with Crippen molar-refractivity contribution in [2.45, 2.75) is 66.0 Å². The third-order valence-corrected chi connectivity index (χ3v) is 9.34. The zero-order chi connectivity index (χ0) is 29.8. The highest BCUT2D eigenvalue weighted by Crippen LogP contribution is 2.33. The largest absolute Gasteiger partial charge is 0.344 e. The number of carbonyl (C=O) groups is 2. The molecule has 1 fully saturated rings. The molecule has 9 nitrogen and oxygen atoms in total. The minimum absolute atomic E-state index is 0.0785. The van der Waals surface area contributed by atoms with Crippen molar-refractivity contribution < 1.29 is 9.59 Å². The molecule has 0 aromatic carbocycles. The predicted molar refractivity (Wildman–Crippen MR) is 169 cm³/mol. The van der Waals surface area contributed by atoms with Gasteiger partial charge in [-0.05, 0) is 76.3 Å². The van der Waals surface area contributed by atoms with Crippen LogP contribution in [-0.2, 0) is 4.79 Å². The van der Waals surface area contributed by atoms with Crippen LogP contribution in [0.4, 0.5) is 5.82 Å². The van der Waals surface area contributed by atoms with Gasteiger partial charge in [0.15, 0.2) is 11.4 Å². The second-order valence-corrected chi connectivity index (χ2v) is 11.7. The maximum Gasteiger partial charge on any atom is 0.245 e. The summed E-state index contributed by atoms with van der Waals surface area (Å²) in [6.45, 7) is 14.5. The van der Waals surface area contributed by atoms with Crippen LogP contribution in [0, 0.1) is 0 Å². The first-order valence-electron chi connectivity index (χ1n) is 15.1. The number of carbonyl (C=O) groups excluding carboxylic acids is 2. The SMILES string of the molecule is CCN(CC)C(=O)[C@@H]1CCN1c1cc(C(=O)CC[C@H](C)N(CC)CC)cc(-c2cnn3ccc(-c4cccs4)nc23)n1. The molecule has 10 heteroatoms. The summed E-state index contributed by atoms with van der Waals surface area (Å²) in [5.41, 5.74) is 3.55. The number of hydrogen-bond donors (Lipinski definition) is 0. The number of ketones is 1. The highest BCUT2D eigenvalue weighted by molar-refractivity contribution is 7.13. The van der Waals surface area contributed by atoms with Gasteiger partial charge in [0.2, 0.25) is 5.91 Å². The molecule has 4 aromatic rings. The van der Waals surface area contributed by atoms with Crippen molar-refractivity contribution in [3.05, 3.63) is 53.7 Å². The number of nitrogens with zero attached hydrogens (tertiary/aromatic N) is 7. The van der Waals surface area contributed by atoms with Crippen molar-refractivity contribution in [1.82, 2.24) is 29.4 Å². The lowest BCUT2D eigenvalue weighted by molar-refractivity contribution is -0.133. The smallest absolute Gasteiger partial charge is 0.245 e. The average molecular weight is 588 g/mol. The molecule has 0 bridgehead atoms. The number of likely N-dealkylation sites (N-methyl/N-ethyl adjacent to an activating group) is 1. The van der Waals surface area contributed by atoms with Gasteiger partial charge in [-0.3, -0.25) is 9.59 Å². The van der Waals surface area contributed by atoms with E-state index in [1.54, 1.807) is 22.0 Å². The van der Waals surface area contributed by atoms with Crippen LogP contribution in [0.2, 0.25) is 0 Å². The number of Topliss-reactive ketones (excluding diaryl/α,β-unsaturated/α-hetero) is 1. The fourth-order valence-electron chi connectivity index (χ4n) is 5.75. The maximum atomic E-state index is 13.7. The molecule has 1 saturated heterocycles. The van der Waals surface area contributed by atoms with E-state index in [0.717, 1.165) is 48.6 Å². The van der Waals surface area contributed by atoms with Gasteiger partial charge >= 0.3 is 0 Å². The number of amides is 1. The topological polar surface area (TPSA) is 86.9 Å². The molecule has 5 heterocycles. The van der Waals surface area contributed by atoms with Crippen molar-refractivity contribution in [1.29, 1.82) is 0 Å². The molecule has 0 saturated carbocycles. The molecular formula is C32H41N7O2S. The van der Waals surface area contributed by atoms with Crippen LogP contribution in [-0.4, -0.2) is 85.9 Å². The first kappa shape index (κ1) is 29.8. The number of hydrogen-bond acceptors (Lipinski definition) is 8. The van der Waals surface area contributed by atoms with Crippen molar-refractivity contribution in [2.75, 3.05) is 37.6 Å². The third-order valence-electron chi connectivity index (χ3n) is 8.45. The second kappa shape index (κ2) is 13.1. The monoisotopic (exact) mass is 587 g/mol. The molecule has 222 valence electrons. The van der Waals surface area contributed by atoms with Gasteiger partial charge in [0.05, 0.1) is 28.0 Å². The van der Waals surface area contributed by atoms with Crippen molar-refractivity contribution in [3.63, 3.8) is 0 Å². The summed E-state index contributed by atoms with van der Waals surface area (Å²) in [7, 11) is 0. The molecule has 0 N–H and O–H groups in total. The predicted octanol–water partition coefficient (Wildman–Crippen LogP) is 5.66. The molecular weight excluding hydrogens is 546 g/mol. The number of anilines is 1. The molecule has 5 rings (SSSR count). The number of rotatable bonds is 13. The Balaban J connectivity index is 1.52. The minimum Gasteiger partial charge on any atom is -0.344 e. The maximum absolute atomic E-state index is 13.7. The lowest BCUT2D eigenvalue weighted by atomic mass is 9.98. The van der Waals surface area contributed by atoms with E-state index in [1.165, 1.54) is 0 Å². The molecule has 2 atom stereocenters. The van der Waals surface area contributed by atoms with Crippen LogP contribution in [0.3, 0.4) is 0 Å². The zero-order valence-corrected chi connectivity index (χ0v) is 26.1. The second-order valence-electron chi connectivity index (χ2n) is 10.8. The molecule has 1 aliphatic heterocycles. The normalized spacial score (nSPS) is 15.7. The van der Waals surface area contributed by atoms with E-state index in [9.17, 15) is 9.59 Å². The van der Waals surface area contributed by atoms with E-state index in [2.05, 4.69) is 30.8 Å². The van der Waals surface area contributed by atoms with Gasteiger partial charge in [-0.25, -0.2) is 14.5 Å². The van der Waals surface area contributed by atoms with Crippen LogP contribution >= 0.6 is 11.3 Å². The van der Waals surface area contributed by atoms with Gasteiger partial charge < -0.3 is 14.7 Å². The Bertz CT molecular complexity index is 1530. The van der Waals surface area contributed by atoms with Gasteiger partial charge in [0.1, 0.15) is 11.9 Å². The minimum atomic E-state index is -0.272. The van der Waals surface area contributed by atoms with Crippen LogP contribution in [0.25, 0.3) is 27.5 Å². The summed E-state index contributed by atoms with van der Waals surface area (Å²) >= 11 is 1.64. The van der Waals surface area contributed by atoms with E-state index in [-0.39, 0.29) is 17.7 Å². The highest BCUT2D eigenvalue weighted by Gasteiger charge is 2.37. The highest BCUT2D eigenvalue weighted by atomic mass is 32.1. The summed E-state index contributed by atoms with van der Waals surface area (Å²) in [5, 5.41) is 6.57. The molecule has 0 spiro atoms. The molecule has 42 heavy (non-hydrogen) atoms. The number of thiophene rings is 1. The Labute approximate surface area is 252 Å². The summed E-state index contributed by atoms with van der Waals surface area (Å²) in [5.74, 6) is 0.838. The van der Waals surface area contributed by atoms with Gasteiger partial charge in [-0.15, -0.1) is 11.3 Å². The fourth-order valence-corrected chi connectivity index (χ4v) is 6.45. The first-order valence-corrected chi connectivity index (χ1v) is 16.0. The lowest BCUT2D eigenvalue weighted by Gasteiger charge is -2.43. The summed E-state index contributed by atoms with van der Waals surface area (Å²) in [4.78, 5) is 44.2. The van der Waals surface area contributed by atoms with E-state index >= 15 is 0 Å². The quantitative estimate of drug-likeness (QED) is 0.187. The third kappa shape index (κ3) is 5.96. The molecule has 0 radical (unpaired) electrons. The van der Waals surface area contributed by atoms with Crippen molar-refractivity contribution in [3.8, 4) is 21.8 Å². The Kier molecular flexibility index (Phi) is 9.33. The van der Waals surface area contributed by atoms with Crippen LogP contribution in [0.1, 0.15) is 64.2 Å². The molecule has 1 aliphatic rings. The van der Waals surface area contributed by atoms with E-state index < -0.39 is 0 Å².